The Kier molecular flexibility index (Phi) is 3.29. The highest BCUT2D eigenvalue weighted by atomic mass is 15.2. The molecule has 0 aromatic heterocycles. The van der Waals surface area contributed by atoms with E-state index in [9.17, 15) is 0 Å². The van der Waals surface area contributed by atoms with Crippen LogP contribution in [0.1, 0.15) is 36.8 Å². The van der Waals surface area contributed by atoms with Crippen LogP contribution in [0.15, 0.2) is 18.2 Å². The molecule has 2 heteroatoms. The topological polar surface area (TPSA) is 15.3 Å². The number of piperazine rings is 1. The second-order valence-corrected chi connectivity index (χ2v) is 5.87. The molecule has 1 aromatic rings. The van der Waals surface area contributed by atoms with Crippen LogP contribution in [0, 0.1) is 13.8 Å². The standard InChI is InChI=1S/C16H24N2/c1-12-7-8-14(11-13(12)2)18-10-9-17-15-5-3-4-6-16(15)18/h7-8,11,15-17H,3-6,9-10H2,1-2H3/t15-,16+/m0/s1. The molecule has 18 heavy (non-hydrogen) atoms. The van der Waals surface area contributed by atoms with Crippen LogP contribution in [0.25, 0.3) is 0 Å². The minimum Gasteiger partial charge on any atom is -0.366 e. The number of benzene rings is 1. The molecule has 1 aliphatic heterocycles. The summed E-state index contributed by atoms with van der Waals surface area (Å²) < 4.78 is 0. The van der Waals surface area contributed by atoms with Crippen LogP contribution >= 0.6 is 0 Å². The van der Waals surface area contributed by atoms with E-state index in [0.29, 0.717) is 6.04 Å². The highest BCUT2D eigenvalue weighted by Gasteiger charge is 2.32. The third-order valence-corrected chi connectivity index (χ3v) is 4.71. The lowest BCUT2D eigenvalue weighted by Crippen LogP contribution is -2.59. The zero-order valence-corrected chi connectivity index (χ0v) is 11.6. The average Bonchev–Trinajstić information content (AvgIpc) is 2.41. The molecule has 1 heterocycles. The largest absolute Gasteiger partial charge is 0.366 e. The van der Waals surface area contributed by atoms with Gasteiger partial charge < -0.3 is 10.2 Å². The first-order valence-electron chi connectivity index (χ1n) is 7.33. The van der Waals surface area contributed by atoms with Gasteiger partial charge in [0, 0.05) is 30.9 Å². The SMILES string of the molecule is Cc1ccc(N2CCN[C@H]3CCCC[C@H]32)cc1C. The summed E-state index contributed by atoms with van der Waals surface area (Å²) in [6, 6.07) is 8.37. The Morgan fingerprint density at radius 3 is 2.78 bits per heavy atom. The van der Waals surface area contributed by atoms with Crippen molar-refractivity contribution in [1.29, 1.82) is 0 Å². The van der Waals surface area contributed by atoms with Crippen molar-refractivity contribution in [2.45, 2.75) is 51.6 Å². The Morgan fingerprint density at radius 2 is 1.94 bits per heavy atom. The van der Waals surface area contributed by atoms with Gasteiger partial charge in [-0.1, -0.05) is 18.9 Å². The van der Waals surface area contributed by atoms with Gasteiger partial charge in [-0.3, -0.25) is 0 Å². The number of hydrogen-bond acceptors (Lipinski definition) is 2. The first-order chi connectivity index (χ1) is 8.75. The molecule has 2 nitrogen and oxygen atoms in total. The summed E-state index contributed by atoms with van der Waals surface area (Å²) in [7, 11) is 0. The molecule has 0 bridgehead atoms. The first kappa shape index (κ1) is 12.0. The second kappa shape index (κ2) is 4.93. The summed E-state index contributed by atoms with van der Waals surface area (Å²) in [6.07, 6.45) is 5.50. The predicted octanol–water partition coefficient (Wildman–Crippen LogP) is 3.02. The molecule has 0 radical (unpaired) electrons. The Hall–Kier alpha value is -1.02. The smallest absolute Gasteiger partial charge is 0.0443 e. The van der Waals surface area contributed by atoms with Gasteiger partial charge in [-0.05, 0) is 49.9 Å². The molecular weight excluding hydrogens is 220 g/mol. The molecular formula is C16H24N2. The lowest BCUT2D eigenvalue weighted by Gasteiger charge is -2.46. The van der Waals surface area contributed by atoms with Gasteiger partial charge in [0.15, 0.2) is 0 Å². The summed E-state index contributed by atoms with van der Waals surface area (Å²) in [4.78, 5) is 2.65. The maximum atomic E-state index is 3.71. The average molecular weight is 244 g/mol. The Morgan fingerprint density at radius 1 is 1.11 bits per heavy atom. The van der Waals surface area contributed by atoms with Crippen LogP contribution in [-0.2, 0) is 0 Å². The fourth-order valence-electron chi connectivity index (χ4n) is 3.48. The van der Waals surface area contributed by atoms with E-state index in [1.165, 1.54) is 42.5 Å². The number of fused-ring (bicyclic) bond motifs is 1. The lowest BCUT2D eigenvalue weighted by atomic mass is 9.87. The molecule has 2 fully saturated rings. The van der Waals surface area contributed by atoms with Crippen LogP contribution in [0.5, 0.6) is 0 Å². The van der Waals surface area contributed by atoms with Crippen molar-refractivity contribution in [1.82, 2.24) is 5.32 Å². The van der Waals surface area contributed by atoms with Gasteiger partial charge in [0.05, 0.1) is 0 Å². The lowest BCUT2D eigenvalue weighted by molar-refractivity contribution is 0.284. The third-order valence-electron chi connectivity index (χ3n) is 4.71. The quantitative estimate of drug-likeness (QED) is 0.817. The number of anilines is 1. The monoisotopic (exact) mass is 244 g/mol. The molecule has 0 spiro atoms. The molecule has 0 unspecified atom stereocenters. The van der Waals surface area contributed by atoms with Gasteiger partial charge in [-0.2, -0.15) is 0 Å². The molecule has 98 valence electrons. The van der Waals surface area contributed by atoms with E-state index in [1.807, 2.05) is 0 Å². The fourth-order valence-corrected chi connectivity index (χ4v) is 3.48. The van der Waals surface area contributed by atoms with Gasteiger partial charge in [0.2, 0.25) is 0 Å². The molecule has 2 aliphatic rings. The van der Waals surface area contributed by atoms with Crippen LogP contribution in [0.3, 0.4) is 0 Å². The van der Waals surface area contributed by atoms with E-state index in [-0.39, 0.29) is 0 Å². The van der Waals surface area contributed by atoms with Crippen LogP contribution in [0.4, 0.5) is 5.69 Å². The number of hydrogen-bond donors (Lipinski definition) is 1. The second-order valence-electron chi connectivity index (χ2n) is 5.87. The Balaban J connectivity index is 1.87. The number of nitrogens with zero attached hydrogens (tertiary/aromatic N) is 1. The van der Waals surface area contributed by atoms with Gasteiger partial charge in [0.1, 0.15) is 0 Å². The van der Waals surface area contributed by atoms with Gasteiger partial charge in [-0.15, -0.1) is 0 Å². The molecule has 1 saturated heterocycles. The van der Waals surface area contributed by atoms with Crippen molar-refractivity contribution in [2.75, 3.05) is 18.0 Å². The molecule has 1 N–H and O–H groups in total. The maximum absolute atomic E-state index is 3.71. The number of rotatable bonds is 1. The first-order valence-corrected chi connectivity index (χ1v) is 7.33. The molecule has 1 aliphatic carbocycles. The Labute approximate surface area is 110 Å². The number of nitrogens with one attached hydrogen (secondary N) is 1. The molecule has 0 amide bonds. The van der Waals surface area contributed by atoms with Crippen LogP contribution in [-0.4, -0.2) is 25.2 Å². The highest BCUT2D eigenvalue weighted by molar-refractivity contribution is 5.52. The van der Waals surface area contributed by atoms with Crippen molar-refractivity contribution in [3.05, 3.63) is 29.3 Å². The van der Waals surface area contributed by atoms with Crippen molar-refractivity contribution in [2.24, 2.45) is 0 Å². The van der Waals surface area contributed by atoms with Gasteiger partial charge in [0.25, 0.3) is 0 Å². The highest BCUT2D eigenvalue weighted by Crippen LogP contribution is 2.30. The van der Waals surface area contributed by atoms with E-state index in [0.717, 1.165) is 19.1 Å². The zero-order chi connectivity index (χ0) is 12.5. The van der Waals surface area contributed by atoms with Crippen molar-refractivity contribution >= 4 is 5.69 Å². The molecule has 1 aromatic carbocycles. The molecule has 1 saturated carbocycles. The maximum Gasteiger partial charge on any atom is 0.0443 e. The zero-order valence-electron chi connectivity index (χ0n) is 11.6. The van der Waals surface area contributed by atoms with Crippen LogP contribution in [0.2, 0.25) is 0 Å². The predicted molar refractivity (Wildman–Crippen MR) is 77.3 cm³/mol. The van der Waals surface area contributed by atoms with Gasteiger partial charge >= 0.3 is 0 Å². The summed E-state index contributed by atoms with van der Waals surface area (Å²) >= 11 is 0. The van der Waals surface area contributed by atoms with E-state index < -0.39 is 0 Å². The third kappa shape index (κ3) is 2.14. The van der Waals surface area contributed by atoms with Crippen molar-refractivity contribution in [3.63, 3.8) is 0 Å². The van der Waals surface area contributed by atoms with Crippen molar-refractivity contribution in [3.8, 4) is 0 Å². The van der Waals surface area contributed by atoms with E-state index in [2.05, 4.69) is 42.3 Å². The minimum absolute atomic E-state index is 0.717. The summed E-state index contributed by atoms with van der Waals surface area (Å²) in [5.74, 6) is 0. The van der Waals surface area contributed by atoms with E-state index >= 15 is 0 Å². The summed E-state index contributed by atoms with van der Waals surface area (Å²) in [5.41, 5.74) is 4.24. The Bertz CT molecular complexity index is 425. The summed E-state index contributed by atoms with van der Waals surface area (Å²) in [5, 5.41) is 3.71. The van der Waals surface area contributed by atoms with Gasteiger partial charge in [-0.25, -0.2) is 0 Å². The van der Waals surface area contributed by atoms with Crippen molar-refractivity contribution < 1.29 is 0 Å². The molecule has 2 atom stereocenters. The van der Waals surface area contributed by atoms with E-state index in [1.54, 1.807) is 0 Å². The number of aryl methyl sites for hydroxylation is 2. The normalized spacial score (nSPS) is 28.0. The fraction of sp³-hybridized carbons (Fsp3) is 0.625. The molecule has 3 rings (SSSR count). The minimum atomic E-state index is 0.717. The van der Waals surface area contributed by atoms with Crippen LogP contribution < -0.4 is 10.2 Å². The van der Waals surface area contributed by atoms with E-state index in [4.69, 9.17) is 0 Å². The summed E-state index contributed by atoms with van der Waals surface area (Å²) in [6.45, 7) is 6.71.